The maximum Gasteiger partial charge on any atom is 0.313 e. The van der Waals surface area contributed by atoms with Gasteiger partial charge in [0.15, 0.2) is 0 Å². The van der Waals surface area contributed by atoms with E-state index in [-0.39, 0.29) is 11.3 Å². The molecule has 2 N–H and O–H groups in total. The van der Waals surface area contributed by atoms with Gasteiger partial charge >= 0.3 is 11.8 Å². The van der Waals surface area contributed by atoms with E-state index < -0.39 is 11.8 Å². The van der Waals surface area contributed by atoms with E-state index in [1.165, 1.54) is 0 Å². The van der Waals surface area contributed by atoms with Gasteiger partial charge in [-0.05, 0) is 54.4 Å². The Kier molecular flexibility index (Phi) is 6.62. The predicted octanol–water partition coefficient (Wildman–Crippen LogP) is 4.33. The summed E-state index contributed by atoms with van der Waals surface area (Å²) < 4.78 is 1.84. The first-order chi connectivity index (χ1) is 14.2. The van der Waals surface area contributed by atoms with Crippen molar-refractivity contribution in [2.24, 2.45) is 0 Å². The molecule has 3 aromatic rings. The van der Waals surface area contributed by atoms with Crippen LogP contribution >= 0.6 is 11.8 Å². The Hall–Kier alpha value is -3.06. The minimum Gasteiger partial charge on any atom is -0.344 e. The monoisotopic (exact) mass is 422 g/mol. The zero-order chi connectivity index (χ0) is 21.7. The zero-order valence-electron chi connectivity index (χ0n) is 17.6. The second kappa shape index (κ2) is 9.17. The summed E-state index contributed by atoms with van der Waals surface area (Å²) in [5, 5.41) is 9.56. The standard InChI is InChI=1S/C23H26N4O2S/c1-16-13-19(30-23(2,3)4)9-10-20(16)26-22(29)21(28)24-15-17-7-5-8-18(14-17)27-12-6-11-25-27/h5-14H,15H2,1-4H3,(H,24,28)(H,26,29). The van der Waals surface area contributed by atoms with Crippen LogP contribution in [-0.2, 0) is 16.1 Å². The molecule has 0 aliphatic rings. The minimum atomic E-state index is -0.683. The number of amides is 2. The first-order valence-electron chi connectivity index (χ1n) is 9.69. The summed E-state index contributed by atoms with van der Waals surface area (Å²) in [6.07, 6.45) is 3.55. The molecular formula is C23H26N4O2S. The number of hydrogen-bond donors (Lipinski definition) is 2. The fourth-order valence-corrected chi connectivity index (χ4v) is 3.94. The number of carbonyl (C=O) groups is 2. The van der Waals surface area contributed by atoms with Gasteiger partial charge in [-0.3, -0.25) is 9.59 Å². The molecule has 0 aliphatic carbocycles. The maximum atomic E-state index is 12.3. The summed E-state index contributed by atoms with van der Waals surface area (Å²) in [6, 6.07) is 15.3. The van der Waals surface area contributed by atoms with Crippen LogP contribution in [0.4, 0.5) is 5.69 Å². The number of aryl methyl sites for hydroxylation is 1. The molecule has 0 spiro atoms. The largest absolute Gasteiger partial charge is 0.344 e. The van der Waals surface area contributed by atoms with E-state index in [1.807, 2.05) is 61.7 Å². The first-order valence-corrected chi connectivity index (χ1v) is 10.5. The average molecular weight is 423 g/mol. The highest BCUT2D eigenvalue weighted by atomic mass is 32.2. The highest BCUT2D eigenvalue weighted by Crippen LogP contribution is 2.33. The van der Waals surface area contributed by atoms with Crippen LogP contribution in [0.2, 0.25) is 0 Å². The third-order valence-corrected chi connectivity index (χ3v) is 5.31. The third kappa shape index (κ3) is 5.97. The van der Waals surface area contributed by atoms with E-state index in [1.54, 1.807) is 22.6 Å². The van der Waals surface area contributed by atoms with Crippen LogP contribution in [0.1, 0.15) is 31.9 Å². The number of thioether (sulfide) groups is 1. The second-order valence-corrected chi connectivity index (χ2v) is 9.85. The summed E-state index contributed by atoms with van der Waals surface area (Å²) in [5.41, 5.74) is 3.32. The van der Waals surface area contributed by atoms with Gasteiger partial charge in [0.05, 0.1) is 5.69 Å². The molecule has 7 heteroatoms. The lowest BCUT2D eigenvalue weighted by Gasteiger charge is -2.18. The molecule has 30 heavy (non-hydrogen) atoms. The summed E-state index contributed by atoms with van der Waals surface area (Å²) in [5.74, 6) is -1.36. The highest BCUT2D eigenvalue weighted by molar-refractivity contribution is 8.00. The molecule has 1 aromatic heterocycles. The number of hydrogen-bond acceptors (Lipinski definition) is 4. The van der Waals surface area contributed by atoms with E-state index in [4.69, 9.17) is 0 Å². The lowest BCUT2D eigenvalue weighted by Crippen LogP contribution is -2.35. The van der Waals surface area contributed by atoms with E-state index in [0.29, 0.717) is 5.69 Å². The maximum absolute atomic E-state index is 12.3. The lowest BCUT2D eigenvalue weighted by atomic mass is 10.2. The molecule has 6 nitrogen and oxygen atoms in total. The topological polar surface area (TPSA) is 76.0 Å². The molecule has 1 heterocycles. The molecule has 0 atom stereocenters. The summed E-state index contributed by atoms with van der Waals surface area (Å²) in [7, 11) is 0. The molecule has 3 rings (SSSR count). The lowest BCUT2D eigenvalue weighted by molar-refractivity contribution is -0.136. The number of carbonyl (C=O) groups excluding carboxylic acids is 2. The van der Waals surface area contributed by atoms with Gasteiger partial charge in [-0.2, -0.15) is 5.10 Å². The quantitative estimate of drug-likeness (QED) is 0.474. The molecule has 0 saturated carbocycles. The molecule has 0 aliphatic heterocycles. The van der Waals surface area contributed by atoms with Crippen molar-refractivity contribution < 1.29 is 9.59 Å². The molecule has 156 valence electrons. The minimum absolute atomic E-state index is 0.103. The van der Waals surface area contributed by atoms with Crippen molar-refractivity contribution in [1.29, 1.82) is 0 Å². The van der Waals surface area contributed by atoms with Crippen LogP contribution in [0.3, 0.4) is 0 Å². The number of anilines is 1. The molecule has 0 bridgehead atoms. The third-order valence-electron chi connectivity index (χ3n) is 4.21. The number of nitrogens with one attached hydrogen (secondary N) is 2. The Morgan fingerprint density at radius 3 is 2.53 bits per heavy atom. The van der Waals surface area contributed by atoms with E-state index in [0.717, 1.165) is 21.7 Å². The van der Waals surface area contributed by atoms with Crippen molar-refractivity contribution in [2.45, 2.75) is 43.9 Å². The predicted molar refractivity (Wildman–Crippen MR) is 121 cm³/mol. The van der Waals surface area contributed by atoms with Crippen molar-refractivity contribution in [3.63, 3.8) is 0 Å². The van der Waals surface area contributed by atoms with Gasteiger partial charge in [0.2, 0.25) is 0 Å². The normalized spacial score (nSPS) is 11.2. The Labute approximate surface area is 181 Å². The van der Waals surface area contributed by atoms with Crippen molar-refractivity contribution in [3.8, 4) is 5.69 Å². The molecule has 0 radical (unpaired) electrons. The summed E-state index contributed by atoms with van der Waals surface area (Å²) in [6.45, 7) is 8.62. The van der Waals surface area contributed by atoms with E-state index in [9.17, 15) is 9.59 Å². The smallest absolute Gasteiger partial charge is 0.313 e. The Morgan fingerprint density at radius 2 is 1.87 bits per heavy atom. The van der Waals surface area contributed by atoms with Gasteiger partial charge in [0.1, 0.15) is 0 Å². The Morgan fingerprint density at radius 1 is 1.07 bits per heavy atom. The Bertz CT molecular complexity index is 1040. The van der Waals surface area contributed by atoms with Crippen molar-refractivity contribution in [2.75, 3.05) is 5.32 Å². The van der Waals surface area contributed by atoms with Crippen molar-refractivity contribution in [3.05, 3.63) is 72.1 Å². The number of aromatic nitrogens is 2. The summed E-state index contributed by atoms with van der Waals surface area (Å²) >= 11 is 1.76. The highest BCUT2D eigenvalue weighted by Gasteiger charge is 2.16. The van der Waals surface area contributed by atoms with Gasteiger partial charge in [0.25, 0.3) is 0 Å². The average Bonchev–Trinajstić information content (AvgIpc) is 3.22. The van der Waals surface area contributed by atoms with Crippen LogP contribution in [-0.4, -0.2) is 26.3 Å². The van der Waals surface area contributed by atoms with Crippen LogP contribution in [0, 0.1) is 6.92 Å². The fourth-order valence-electron chi connectivity index (χ4n) is 2.87. The van der Waals surface area contributed by atoms with Gasteiger partial charge in [0, 0.05) is 34.3 Å². The molecule has 0 saturated heterocycles. The van der Waals surface area contributed by atoms with Crippen LogP contribution in [0.5, 0.6) is 0 Å². The van der Waals surface area contributed by atoms with Crippen LogP contribution in [0.15, 0.2) is 65.8 Å². The Balaban J connectivity index is 1.58. The fraction of sp³-hybridized carbons (Fsp3) is 0.261. The number of benzene rings is 2. The molecule has 0 unspecified atom stereocenters. The number of rotatable bonds is 5. The first kappa shape index (κ1) is 21.6. The SMILES string of the molecule is Cc1cc(SC(C)(C)C)ccc1NC(=O)C(=O)NCc1cccc(-n2cccn2)c1. The summed E-state index contributed by atoms with van der Waals surface area (Å²) in [4.78, 5) is 25.7. The van der Waals surface area contributed by atoms with E-state index >= 15 is 0 Å². The van der Waals surface area contributed by atoms with Crippen LogP contribution < -0.4 is 10.6 Å². The molecule has 0 fully saturated rings. The number of nitrogens with zero attached hydrogens (tertiary/aromatic N) is 2. The van der Waals surface area contributed by atoms with Gasteiger partial charge < -0.3 is 10.6 Å². The van der Waals surface area contributed by atoms with Crippen molar-refractivity contribution >= 4 is 29.3 Å². The van der Waals surface area contributed by atoms with E-state index in [2.05, 4.69) is 36.5 Å². The molecule has 2 aromatic carbocycles. The second-order valence-electron chi connectivity index (χ2n) is 7.95. The molecule has 2 amide bonds. The van der Waals surface area contributed by atoms with Crippen molar-refractivity contribution in [1.82, 2.24) is 15.1 Å². The van der Waals surface area contributed by atoms with Crippen LogP contribution in [0.25, 0.3) is 5.69 Å². The van der Waals surface area contributed by atoms with Gasteiger partial charge in [-0.25, -0.2) is 4.68 Å². The zero-order valence-corrected chi connectivity index (χ0v) is 18.4. The van der Waals surface area contributed by atoms with Gasteiger partial charge in [-0.1, -0.05) is 32.9 Å². The molecular weight excluding hydrogens is 396 g/mol. The van der Waals surface area contributed by atoms with Gasteiger partial charge in [-0.15, -0.1) is 11.8 Å².